The summed E-state index contributed by atoms with van der Waals surface area (Å²) < 4.78 is 25.9. The van der Waals surface area contributed by atoms with Crippen LogP contribution in [0.2, 0.25) is 0 Å². The first kappa shape index (κ1) is 12.6. The Kier molecular flexibility index (Phi) is 3.31. The topological polar surface area (TPSA) is 20.3 Å². The lowest BCUT2D eigenvalue weighted by Gasteiger charge is -2.26. The normalized spacial score (nSPS) is 11.4. The van der Waals surface area contributed by atoms with Gasteiger partial charge >= 0.3 is 0 Å². The number of hydrogen-bond acceptors (Lipinski definition) is 1. The van der Waals surface area contributed by atoms with Crippen LogP contribution in [-0.4, -0.2) is 13.0 Å². The lowest BCUT2D eigenvalue weighted by molar-refractivity contribution is -0.125. The molecule has 0 atom stereocenters. The van der Waals surface area contributed by atoms with Crippen LogP contribution in [0, 0.1) is 17.0 Å². The second-order valence-electron chi connectivity index (χ2n) is 4.74. The summed E-state index contributed by atoms with van der Waals surface area (Å²) in [6.45, 7) is 5.25. The highest BCUT2D eigenvalue weighted by Crippen LogP contribution is 2.23. The molecule has 4 heteroatoms. The molecule has 2 nitrogen and oxygen atoms in total. The van der Waals surface area contributed by atoms with Gasteiger partial charge in [-0.15, -0.1) is 0 Å². The zero-order valence-electron chi connectivity index (χ0n) is 9.84. The van der Waals surface area contributed by atoms with Crippen molar-refractivity contribution in [3.8, 4) is 0 Å². The Balaban J connectivity index is 3.05. The van der Waals surface area contributed by atoms with Gasteiger partial charge in [0.2, 0.25) is 5.91 Å². The number of amides is 1. The van der Waals surface area contributed by atoms with Gasteiger partial charge in [-0.2, -0.15) is 0 Å². The fourth-order valence-corrected chi connectivity index (χ4v) is 1.35. The van der Waals surface area contributed by atoms with Crippen molar-refractivity contribution in [2.45, 2.75) is 20.8 Å². The highest BCUT2D eigenvalue weighted by Gasteiger charge is 2.26. The van der Waals surface area contributed by atoms with Gasteiger partial charge in [0.25, 0.3) is 0 Å². The van der Waals surface area contributed by atoms with E-state index >= 15 is 0 Å². The first-order chi connectivity index (χ1) is 7.21. The lowest BCUT2D eigenvalue weighted by atomic mass is 9.95. The molecule has 0 saturated carbocycles. The molecule has 0 unspecified atom stereocenters. The molecule has 1 amide bonds. The zero-order valence-corrected chi connectivity index (χ0v) is 9.84. The van der Waals surface area contributed by atoms with Crippen LogP contribution in [0.25, 0.3) is 0 Å². The quantitative estimate of drug-likeness (QED) is 0.722. The predicted octanol–water partition coefficient (Wildman–Crippen LogP) is 2.97. The summed E-state index contributed by atoms with van der Waals surface area (Å²) in [6.07, 6.45) is 0. The molecule has 0 aliphatic carbocycles. The lowest BCUT2D eigenvalue weighted by Crippen LogP contribution is -2.36. The van der Waals surface area contributed by atoms with Crippen molar-refractivity contribution in [3.05, 3.63) is 29.8 Å². The summed E-state index contributed by atoms with van der Waals surface area (Å²) >= 11 is 0. The van der Waals surface area contributed by atoms with E-state index in [1.807, 2.05) is 0 Å². The van der Waals surface area contributed by atoms with Crippen molar-refractivity contribution in [1.82, 2.24) is 0 Å². The van der Waals surface area contributed by atoms with Gasteiger partial charge in [-0.25, -0.2) is 8.78 Å². The number of nitrogens with zero attached hydrogens (tertiary/aromatic N) is 1. The molecule has 1 aromatic rings. The minimum absolute atomic E-state index is 0.197. The fraction of sp³-hybridized carbons (Fsp3) is 0.417. The number of halogens is 2. The number of anilines is 1. The van der Waals surface area contributed by atoms with Crippen LogP contribution in [0.1, 0.15) is 20.8 Å². The van der Waals surface area contributed by atoms with Crippen LogP contribution in [0.15, 0.2) is 18.2 Å². The summed E-state index contributed by atoms with van der Waals surface area (Å²) in [5, 5.41) is 0. The van der Waals surface area contributed by atoms with Crippen molar-refractivity contribution < 1.29 is 13.6 Å². The Morgan fingerprint density at radius 2 is 1.56 bits per heavy atom. The van der Waals surface area contributed by atoms with Crippen LogP contribution in [0.4, 0.5) is 14.5 Å². The summed E-state index contributed by atoms with van der Waals surface area (Å²) in [4.78, 5) is 13.1. The molecule has 0 aromatic heterocycles. The maximum atomic E-state index is 13.0. The third-order valence-electron chi connectivity index (χ3n) is 2.18. The van der Waals surface area contributed by atoms with Crippen molar-refractivity contribution >= 4 is 11.6 Å². The van der Waals surface area contributed by atoms with E-state index in [0.29, 0.717) is 0 Å². The highest BCUT2D eigenvalue weighted by molar-refractivity contribution is 5.96. The molecule has 1 aromatic carbocycles. The Bertz CT molecular complexity index is 390. The fourth-order valence-electron chi connectivity index (χ4n) is 1.35. The number of rotatable bonds is 1. The van der Waals surface area contributed by atoms with E-state index in [0.717, 1.165) is 18.2 Å². The average molecular weight is 227 g/mol. The van der Waals surface area contributed by atoms with Gasteiger partial charge in [-0.1, -0.05) is 20.8 Å². The molecule has 0 saturated heterocycles. The van der Waals surface area contributed by atoms with Crippen LogP contribution < -0.4 is 4.90 Å². The smallest absolute Gasteiger partial charge is 0.232 e. The summed E-state index contributed by atoms with van der Waals surface area (Å²) in [5.41, 5.74) is -0.366. The number of carbonyl (C=O) groups is 1. The van der Waals surface area contributed by atoms with Crippen molar-refractivity contribution in [1.29, 1.82) is 0 Å². The summed E-state index contributed by atoms with van der Waals surface area (Å²) in [6, 6.07) is 3.04. The minimum atomic E-state index is -0.691. The van der Waals surface area contributed by atoms with E-state index in [4.69, 9.17) is 0 Å². The first-order valence-electron chi connectivity index (χ1n) is 4.96. The standard InChI is InChI=1S/C12H15F2NO/c1-12(2,3)11(16)15(4)10-6-8(13)5-9(14)7-10/h5-7H,1-4H3. The Morgan fingerprint density at radius 3 is 1.94 bits per heavy atom. The molecule has 0 heterocycles. The van der Waals surface area contributed by atoms with Crippen molar-refractivity contribution in [3.63, 3.8) is 0 Å². The van der Waals surface area contributed by atoms with Crippen molar-refractivity contribution in [2.24, 2.45) is 5.41 Å². The number of hydrogen-bond donors (Lipinski definition) is 0. The largest absolute Gasteiger partial charge is 0.315 e. The molecule has 1 rings (SSSR count). The second kappa shape index (κ2) is 4.20. The average Bonchev–Trinajstić information content (AvgIpc) is 2.12. The molecule has 0 aliphatic heterocycles. The van der Waals surface area contributed by atoms with E-state index < -0.39 is 17.0 Å². The minimum Gasteiger partial charge on any atom is -0.315 e. The van der Waals surface area contributed by atoms with Crippen LogP contribution >= 0.6 is 0 Å². The maximum Gasteiger partial charge on any atom is 0.232 e. The van der Waals surface area contributed by atoms with Crippen LogP contribution in [0.5, 0.6) is 0 Å². The summed E-state index contributed by atoms with van der Waals surface area (Å²) in [5.74, 6) is -1.58. The molecule has 16 heavy (non-hydrogen) atoms. The molecule has 0 bridgehead atoms. The van der Waals surface area contributed by atoms with E-state index in [-0.39, 0.29) is 11.6 Å². The SMILES string of the molecule is CN(C(=O)C(C)(C)C)c1cc(F)cc(F)c1. The zero-order chi connectivity index (χ0) is 12.5. The van der Waals surface area contributed by atoms with E-state index in [2.05, 4.69) is 0 Å². The molecule has 88 valence electrons. The molecular formula is C12H15F2NO. The Morgan fingerprint density at radius 1 is 1.12 bits per heavy atom. The second-order valence-corrected chi connectivity index (χ2v) is 4.74. The van der Waals surface area contributed by atoms with Gasteiger partial charge in [0, 0.05) is 24.2 Å². The van der Waals surface area contributed by atoms with Crippen molar-refractivity contribution in [2.75, 3.05) is 11.9 Å². The van der Waals surface area contributed by atoms with E-state index in [1.54, 1.807) is 20.8 Å². The van der Waals surface area contributed by atoms with Gasteiger partial charge in [0.05, 0.1) is 0 Å². The monoisotopic (exact) mass is 227 g/mol. The number of benzene rings is 1. The van der Waals surface area contributed by atoms with Gasteiger partial charge in [0.1, 0.15) is 11.6 Å². The molecular weight excluding hydrogens is 212 g/mol. The van der Waals surface area contributed by atoms with Gasteiger partial charge < -0.3 is 4.90 Å². The maximum absolute atomic E-state index is 13.0. The van der Waals surface area contributed by atoms with Crippen LogP contribution in [-0.2, 0) is 4.79 Å². The van der Waals surface area contributed by atoms with Crippen LogP contribution in [0.3, 0.4) is 0 Å². The van der Waals surface area contributed by atoms with Gasteiger partial charge in [-0.05, 0) is 12.1 Å². The molecule has 0 fully saturated rings. The third-order valence-corrected chi connectivity index (χ3v) is 2.18. The Labute approximate surface area is 93.9 Å². The van der Waals surface area contributed by atoms with E-state index in [9.17, 15) is 13.6 Å². The predicted molar refractivity (Wildman–Crippen MR) is 59.2 cm³/mol. The highest BCUT2D eigenvalue weighted by atomic mass is 19.1. The third kappa shape index (κ3) is 2.78. The molecule has 0 radical (unpaired) electrons. The van der Waals surface area contributed by atoms with Gasteiger partial charge in [-0.3, -0.25) is 4.79 Å². The summed E-state index contributed by atoms with van der Waals surface area (Å²) in [7, 11) is 1.50. The Hall–Kier alpha value is -1.45. The molecule has 0 N–H and O–H groups in total. The number of carbonyl (C=O) groups excluding carboxylic acids is 1. The molecule has 0 spiro atoms. The molecule has 0 aliphatic rings. The first-order valence-corrected chi connectivity index (χ1v) is 4.96. The van der Waals surface area contributed by atoms with Gasteiger partial charge in [0.15, 0.2) is 0 Å². The van der Waals surface area contributed by atoms with E-state index in [1.165, 1.54) is 11.9 Å².